The zero-order valence-corrected chi connectivity index (χ0v) is 14.9. The van der Waals surface area contributed by atoms with E-state index in [1.165, 1.54) is 17.1 Å². The van der Waals surface area contributed by atoms with Gasteiger partial charge in [0.25, 0.3) is 0 Å². The molecule has 1 aliphatic heterocycles. The molecule has 0 N–H and O–H groups in total. The molecule has 138 valence electrons. The second kappa shape index (κ2) is 7.20. The largest absolute Gasteiger partial charge is 0.338 e. The highest BCUT2D eigenvalue weighted by Crippen LogP contribution is 2.22. The van der Waals surface area contributed by atoms with E-state index >= 15 is 0 Å². The Balaban J connectivity index is 1.61. The van der Waals surface area contributed by atoms with Crippen molar-refractivity contribution in [2.75, 3.05) is 26.2 Å². The molecule has 1 aliphatic rings. The lowest BCUT2D eigenvalue weighted by Crippen LogP contribution is -2.54. The molecule has 1 fully saturated rings. The van der Waals surface area contributed by atoms with Crippen LogP contribution in [0, 0.1) is 10.1 Å². The van der Waals surface area contributed by atoms with Crippen LogP contribution in [-0.4, -0.2) is 61.6 Å². The Morgan fingerprint density at radius 2 is 2.00 bits per heavy atom. The molecule has 26 heavy (non-hydrogen) atoms. The van der Waals surface area contributed by atoms with E-state index in [9.17, 15) is 14.9 Å². The van der Waals surface area contributed by atoms with Crippen molar-refractivity contribution in [3.63, 3.8) is 0 Å². The number of hydrogen-bond acceptors (Lipinski definition) is 6. The van der Waals surface area contributed by atoms with Crippen LogP contribution < -0.4 is 0 Å². The first-order chi connectivity index (χ1) is 12.4. The lowest BCUT2D eigenvalue weighted by molar-refractivity contribution is -0.385. The topological polar surface area (TPSA) is 97.4 Å². The molecule has 0 radical (unpaired) electrons. The van der Waals surface area contributed by atoms with Crippen LogP contribution >= 0.6 is 0 Å². The normalized spacial score (nSPS) is 15.8. The molecule has 0 saturated carbocycles. The summed E-state index contributed by atoms with van der Waals surface area (Å²) in [6.07, 6.45) is 6.07. The minimum absolute atomic E-state index is 0.0866. The van der Waals surface area contributed by atoms with Gasteiger partial charge in [0.15, 0.2) is 0 Å². The van der Waals surface area contributed by atoms with Crippen LogP contribution in [0.25, 0.3) is 0 Å². The maximum atomic E-state index is 12.9. The van der Waals surface area contributed by atoms with E-state index in [0.717, 1.165) is 25.2 Å². The highest BCUT2D eigenvalue weighted by atomic mass is 16.6. The van der Waals surface area contributed by atoms with Gasteiger partial charge in [-0.3, -0.25) is 29.5 Å². The van der Waals surface area contributed by atoms with Gasteiger partial charge in [0.1, 0.15) is 17.9 Å². The van der Waals surface area contributed by atoms with Crippen LogP contribution in [-0.2, 0) is 16.9 Å². The number of pyridine rings is 1. The number of amides is 1. The van der Waals surface area contributed by atoms with Crippen molar-refractivity contribution in [1.82, 2.24) is 24.6 Å². The van der Waals surface area contributed by atoms with Gasteiger partial charge in [0, 0.05) is 45.1 Å². The van der Waals surface area contributed by atoms with E-state index in [2.05, 4.69) is 15.0 Å². The minimum atomic E-state index is -0.972. The van der Waals surface area contributed by atoms with Crippen LogP contribution in [0.3, 0.4) is 0 Å². The van der Waals surface area contributed by atoms with Crippen molar-refractivity contribution in [2.24, 2.45) is 0 Å². The quantitative estimate of drug-likeness (QED) is 0.590. The molecule has 0 bridgehead atoms. The Morgan fingerprint density at radius 3 is 2.58 bits per heavy atom. The number of carbonyl (C=O) groups excluding carboxylic acids is 1. The van der Waals surface area contributed by atoms with Crippen LogP contribution in [0.5, 0.6) is 0 Å². The molecule has 0 aromatic carbocycles. The van der Waals surface area contributed by atoms with Gasteiger partial charge < -0.3 is 4.90 Å². The number of rotatable bonds is 5. The monoisotopic (exact) mass is 358 g/mol. The van der Waals surface area contributed by atoms with Gasteiger partial charge in [-0.2, -0.15) is 5.10 Å². The molecule has 9 heteroatoms. The molecule has 2 aromatic heterocycles. The zero-order chi connectivity index (χ0) is 18.7. The Hall–Kier alpha value is -2.81. The second-order valence-electron chi connectivity index (χ2n) is 6.89. The predicted molar refractivity (Wildman–Crippen MR) is 94.3 cm³/mol. The second-order valence-corrected chi connectivity index (χ2v) is 6.89. The van der Waals surface area contributed by atoms with E-state index in [-0.39, 0.29) is 11.6 Å². The van der Waals surface area contributed by atoms with Gasteiger partial charge in [-0.15, -0.1) is 0 Å². The predicted octanol–water partition coefficient (Wildman–Crippen LogP) is 1.27. The molecule has 0 unspecified atom stereocenters. The van der Waals surface area contributed by atoms with Crippen molar-refractivity contribution in [2.45, 2.75) is 25.9 Å². The van der Waals surface area contributed by atoms with E-state index in [1.807, 2.05) is 18.3 Å². The minimum Gasteiger partial charge on any atom is -0.338 e. The van der Waals surface area contributed by atoms with E-state index in [1.54, 1.807) is 24.9 Å². The molecular formula is C17H22N6O3. The highest BCUT2D eigenvalue weighted by molar-refractivity contribution is 5.83. The van der Waals surface area contributed by atoms with Gasteiger partial charge in [-0.25, -0.2) is 0 Å². The van der Waals surface area contributed by atoms with Crippen LogP contribution in [0.2, 0.25) is 0 Å². The first-order valence-corrected chi connectivity index (χ1v) is 8.48. The summed E-state index contributed by atoms with van der Waals surface area (Å²) in [7, 11) is 0. The Bertz CT molecular complexity index is 781. The summed E-state index contributed by atoms with van der Waals surface area (Å²) >= 11 is 0. The lowest BCUT2D eigenvalue weighted by atomic mass is 10.0. The molecule has 3 rings (SSSR count). The first-order valence-electron chi connectivity index (χ1n) is 8.48. The average Bonchev–Trinajstić information content (AvgIpc) is 3.14. The number of hydrogen-bond donors (Lipinski definition) is 0. The molecule has 3 heterocycles. The van der Waals surface area contributed by atoms with Crippen molar-refractivity contribution in [1.29, 1.82) is 0 Å². The highest BCUT2D eigenvalue weighted by Gasteiger charge is 2.36. The third-order valence-electron chi connectivity index (χ3n) is 4.66. The van der Waals surface area contributed by atoms with Crippen LogP contribution in [0.1, 0.15) is 19.4 Å². The van der Waals surface area contributed by atoms with Crippen molar-refractivity contribution < 1.29 is 9.72 Å². The molecule has 9 nitrogen and oxygen atoms in total. The average molecular weight is 358 g/mol. The summed E-state index contributed by atoms with van der Waals surface area (Å²) in [5.41, 5.74) is 0.0587. The fourth-order valence-electron chi connectivity index (χ4n) is 3.06. The van der Waals surface area contributed by atoms with Crippen molar-refractivity contribution in [3.05, 3.63) is 52.6 Å². The number of nitrogens with zero attached hydrogens (tertiary/aromatic N) is 6. The molecule has 1 saturated heterocycles. The molecule has 1 amide bonds. The number of piperazine rings is 1. The van der Waals surface area contributed by atoms with Gasteiger partial charge >= 0.3 is 5.69 Å². The van der Waals surface area contributed by atoms with Crippen LogP contribution in [0.4, 0.5) is 5.69 Å². The van der Waals surface area contributed by atoms with E-state index in [0.29, 0.717) is 13.1 Å². The van der Waals surface area contributed by atoms with Gasteiger partial charge in [-0.1, -0.05) is 6.07 Å². The Kier molecular flexibility index (Phi) is 4.99. The standard InChI is InChI=1S/C17H22N6O3/c1-17(2,22-13-15(11-19-22)23(25)26)16(24)21-8-6-20(7-9-21)12-14-4-3-5-18-10-14/h3-5,10-11,13H,6-9,12H2,1-2H3. The molecular weight excluding hydrogens is 336 g/mol. The lowest BCUT2D eigenvalue weighted by Gasteiger charge is -2.38. The van der Waals surface area contributed by atoms with Gasteiger partial charge in [0.2, 0.25) is 5.91 Å². The third-order valence-corrected chi connectivity index (χ3v) is 4.66. The smallest absolute Gasteiger partial charge is 0.307 e. The summed E-state index contributed by atoms with van der Waals surface area (Å²) in [5.74, 6) is -0.0866. The van der Waals surface area contributed by atoms with Crippen molar-refractivity contribution in [3.8, 4) is 0 Å². The maximum absolute atomic E-state index is 12.9. The summed E-state index contributed by atoms with van der Waals surface area (Å²) in [6.45, 7) is 7.05. The number of carbonyl (C=O) groups is 1. The SMILES string of the molecule is CC(C)(C(=O)N1CCN(Cc2cccnc2)CC1)n1cc([N+](=O)[O-])cn1. The Labute approximate surface area is 151 Å². The fraction of sp³-hybridized carbons (Fsp3) is 0.471. The van der Waals surface area contributed by atoms with E-state index < -0.39 is 10.5 Å². The first kappa shape index (κ1) is 18.0. The summed E-state index contributed by atoms with van der Waals surface area (Å²) in [4.78, 5) is 31.5. The van der Waals surface area contributed by atoms with E-state index in [4.69, 9.17) is 0 Å². The summed E-state index contributed by atoms with van der Waals surface area (Å²) < 4.78 is 1.37. The molecule has 0 aliphatic carbocycles. The van der Waals surface area contributed by atoms with Gasteiger partial charge in [0.05, 0.1) is 4.92 Å². The zero-order valence-electron chi connectivity index (χ0n) is 14.9. The Morgan fingerprint density at radius 1 is 1.27 bits per heavy atom. The van der Waals surface area contributed by atoms with Crippen LogP contribution in [0.15, 0.2) is 36.9 Å². The fourth-order valence-corrected chi connectivity index (χ4v) is 3.06. The van der Waals surface area contributed by atoms with Gasteiger partial charge in [-0.05, 0) is 25.5 Å². The summed E-state index contributed by atoms with van der Waals surface area (Å²) in [6, 6.07) is 3.96. The maximum Gasteiger partial charge on any atom is 0.307 e. The third kappa shape index (κ3) is 3.72. The number of aromatic nitrogens is 3. The number of nitro groups is 1. The molecule has 0 spiro atoms. The molecule has 0 atom stereocenters. The molecule has 2 aromatic rings. The summed E-state index contributed by atoms with van der Waals surface area (Å²) in [5, 5.41) is 14.9. The van der Waals surface area contributed by atoms with Crippen molar-refractivity contribution >= 4 is 11.6 Å².